The summed E-state index contributed by atoms with van der Waals surface area (Å²) in [6.07, 6.45) is 3.46. The molecule has 0 unspecified atom stereocenters. The fourth-order valence-electron chi connectivity index (χ4n) is 2.68. The van der Waals surface area contributed by atoms with Crippen LogP contribution in [0.25, 0.3) is 0 Å². The Bertz CT molecular complexity index is 639. The smallest absolute Gasteiger partial charge is 0.272 e. The average molecular weight is 316 g/mol. The van der Waals surface area contributed by atoms with Crippen molar-refractivity contribution in [3.8, 4) is 0 Å². The Labute approximate surface area is 135 Å². The van der Waals surface area contributed by atoms with Gasteiger partial charge >= 0.3 is 0 Å². The zero-order chi connectivity index (χ0) is 15.4. The van der Waals surface area contributed by atoms with Crippen molar-refractivity contribution in [1.29, 1.82) is 0 Å². The van der Waals surface area contributed by atoms with Crippen molar-refractivity contribution >= 4 is 23.2 Å². The number of rotatable bonds is 3. The number of para-hydroxylation sites is 1. The maximum absolute atomic E-state index is 12.3. The Kier molecular flexibility index (Phi) is 4.59. The van der Waals surface area contributed by atoms with Crippen LogP contribution in [0.5, 0.6) is 0 Å². The molecule has 22 heavy (non-hydrogen) atoms. The topological polar surface area (TPSA) is 45.2 Å². The van der Waals surface area contributed by atoms with Crippen molar-refractivity contribution in [3.63, 3.8) is 0 Å². The van der Waals surface area contributed by atoms with E-state index < -0.39 is 0 Å². The molecule has 1 aromatic carbocycles. The number of nitrogens with one attached hydrogen (secondary N) is 1. The van der Waals surface area contributed by atoms with Crippen molar-refractivity contribution in [3.05, 3.63) is 59.4 Å². The van der Waals surface area contributed by atoms with E-state index in [0.717, 1.165) is 36.6 Å². The fraction of sp³-hybridized carbons (Fsp3) is 0.294. The maximum Gasteiger partial charge on any atom is 0.272 e. The molecule has 0 radical (unpaired) electrons. The summed E-state index contributed by atoms with van der Waals surface area (Å²) >= 11 is 6.17. The fourth-order valence-corrected chi connectivity index (χ4v) is 2.87. The minimum atomic E-state index is 0.0109. The van der Waals surface area contributed by atoms with Crippen molar-refractivity contribution in [2.24, 2.45) is 0 Å². The highest BCUT2D eigenvalue weighted by Gasteiger charge is 2.24. The van der Waals surface area contributed by atoms with Gasteiger partial charge in [0.2, 0.25) is 0 Å². The van der Waals surface area contributed by atoms with Crippen LogP contribution in [0, 0.1) is 0 Å². The number of pyridine rings is 1. The van der Waals surface area contributed by atoms with Gasteiger partial charge in [0.15, 0.2) is 0 Å². The third-order valence-corrected chi connectivity index (χ3v) is 4.23. The molecule has 3 rings (SSSR count). The standard InChI is InChI=1S/C17H18ClN3O/c18-14-5-1-2-6-15(14)20-13-8-11-21(12-9-13)17(22)16-7-3-4-10-19-16/h1-7,10,13,20H,8-9,11-12H2. The van der Waals surface area contributed by atoms with Crippen LogP contribution in [0.15, 0.2) is 48.7 Å². The Morgan fingerprint density at radius 2 is 1.86 bits per heavy atom. The summed E-state index contributed by atoms with van der Waals surface area (Å²) in [6, 6.07) is 13.5. The van der Waals surface area contributed by atoms with E-state index >= 15 is 0 Å². The monoisotopic (exact) mass is 315 g/mol. The predicted molar refractivity (Wildman–Crippen MR) is 88.2 cm³/mol. The number of benzene rings is 1. The van der Waals surface area contributed by atoms with Gasteiger partial charge in [-0.25, -0.2) is 0 Å². The molecule has 1 amide bonds. The van der Waals surface area contributed by atoms with Gasteiger partial charge in [-0.2, -0.15) is 0 Å². The molecule has 4 nitrogen and oxygen atoms in total. The van der Waals surface area contributed by atoms with Gasteiger partial charge in [0.05, 0.1) is 10.7 Å². The number of nitrogens with zero attached hydrogens (tertiary/aromatic N) is 2. The summed E-state index contributed by atoms with van der Waals surface area (Å²) in [4.78, 5) is 18.3. The summed E-state index contributed by atoms with van der Waals surface area (Å²) in [5.41, 5.74) is 1.47. The second kappa shape index (κ2) is 6.79. The second-order valence-corrected chi connectivity index (χ2v) is 5.81. The summed E-state index contributed by atoms with van der Waals surface area (Å²) in [6.45, 7) is 1.47. The lowest BCUT2D eigenvalue weighted by molar-refractivity contribution is 0.0712. The number of hydrogen-bond donors (Lipinski definition) is 1. The van der Waals surface area contributed by atoms with Crippen LogP contribution >= 0.6 is 11.6 Å². The Hall–Kier alpha value is -2.07. The first-order chi connectivity index (χ1) is 10.7. The summed E-state index contributed by atoms with van der Waals surface area (Å²) in [7, 11) is 0. The van der Waals surface area contributed by atoms with Crippen LogP contribution in [0.2, 0.25) is 5.02 Å². The first-order valence-electron chi connectivity index (χ1n) is 7.45. The minimum Gasteiger partial charge on any atom is -0.381 e. The lowest BCUT2D eigenvalue weighted by Gasteiger charge is -2.32. The molecule has 5 heteroatoms. The SMILES string of the molecule is O=C(c1ccccn1)N1CCC(Nc2ccccc2Cl)CC1. The van der Waals surface area contributed by atoms with Gasteiger partial charge in [0, 0.05) is 25.3 Å². The molecule has 1 fully saturated rings. The van der Waals surface area contributed by atoms with E-state index in [0.29, 0.717) is 11.7 Å². The number of aromatic nitrogens is 1. The van der Waals surface area contributed by atoms with Gasteiger partial charge in [0.1, 0.15) is 5.69 Å². The van der Waals surface area contributed by atoms with Gasteiger partial charge in [-0.05, 0) is 37.1 Å². The molecule has 0 atom stereocenters. The molecular formula is C17H18ClN3O. The van der Waals surface area contributed by atoms with Crippen LogP contribution in [-0.4, -0.2) is 34.9 Å². The predicted octanol–water partition coefficient (Wildman–Crippen LogP) is 3.45. The van der Waals surface area contributed by atoms with E-state index in [2.05, 4.69) is 10.3 Å². The first-order valence-corrected chi connectivity index (χ1v) is 7.83. The van der Waals surface area contributed by atoms with E-state index in [1.54, 1.807) is 12.3 Å². The number of carbonyl (C=O) groups is 1. The van der Waals surface area contributed by atoms with E-state index in [-0.39, 0.29) is 5.91 Å². The second-order valence-electron chi connectivity index (χ2n) is 5.41. The van der Waals surface area contributed by atoms with Gasteiger partial charge in [-0.1, -0.05) is 29.8 Å². The van der Waals surface area contributed by atoms with E-state index in [4.69, 9.17) is 11.6 Å². The Morgan fingerprint density at radius 3 is 2.55 bits per heavy atom. The molecule has 1 aromatic heterocycles. The number of piperidine rings is 1. The van der Waals surface area contributed by atoms with E-state index in [1.165, 1.54) is 0 Å². The molecule has 0 bridgehead atoms. The van der Waals surface area contributed by atoms with Gasteiger partial charge < -0.3 is 10.2 Å². The van der Waals surface area contributed by atoms with Crippen LogP contribution in [0.1, 0.15) is 23.3 Å². The number of hydrogen-bond acceptors (Lipinski definition) is 3. The third-order valence-electron chi connectivity index (χ3n) is 3.90. The number of halogens is 1. The van der Waals surface area contributed by atoms with Crippen LogP contribution in [0.3, 0.4) is 0 Å². The third kappa shape index (κ3) is 3.39. The lowest BCUT2D eigenvalue weighted by atomic mass is 10.0. The molecule has 1 N–H and O–H groups in total. The molecule has 0 saturated carbocycles. The molecule has 2 heterocycles. The highest BCUT2D eigenvalue weighted by Crippen LogP contribution is 2.24. The first kappa shape index (κ1) is 14.9. The Balaban J connectivity index is 1.57. The van der Waals surface area contributed by atoms with Crippen LogP contribution < -0.4 is 5.32 Å². The van der Waals surface area contributed by atoms with Crippen molar-refractivity contribution in [2.75, 3.05) is 18.4 Å². The molecule has 0 spiro atoms. The summed E-state index contributed by atoms with van der Waals surface area (Å²) in [5, 5.41) is 4.19. The van der Waals surface area contributed by atoms with Crippen LogP contribution in [0.4, 0.5) is 5.69 Å². The summed E-state index contributed by atoms with van der Waals surface area (Å²) in [5.74, 6) is 0.0109. The number of anilines is 1. The molecule has 1 aliphatic rings. The summed E-state index contributed by atoms with van der Waals surface area (Å²) < 4.78 is 0. The van der Waals surface area contributed by atoms with Crippen LogP contribution in [-0.2, 0) is 0 Å². The van der Waals surface area contributed by atoms with Gasteiger partial charge in [-0.3, -0.25) is 9.78 Å². The largest absolute Gasteiger partial charge is 0.381 e. The van der Waals surface area contributed by atoms with E-state index in [1.807, 2.05) is 41.3 Å². The lowest BCUT2D eigenvalue weighted by Crippen LogP contribution is -2.42. The van der Waals surface area contributed by atoms with Crippen molar-refractivity contribution < 1.29 is 4.79 Å². The zero-order valence-electron chi connectivity index (χ0n) is 12.2. The highest BCUT2D eigenvalue weighted by atomic mass is 35.5. The Morgan fingerprint density at radius 1 is 1.14 bits per heavy atom. The number of carbonyl (C=O) groups excluding carboxylic acids is 1. The highest BCUT2D eigenvalue weighted by molar-refractivity contribution is 6.33. The molecule has 1 saturated heterocycles. The quantitative estimate of drug-likeness (QED) is 0.943. The molecule has 114 valence electrons. The molecule has 0 aliphatic carbocycles. The molecular weight excluding hydrogens is 298 g/mol. The normalized spacial score (nSPS) is 15.6. The maximum atomic E-state index is 12.3. The number of amides is 1. The van der Waals surface area contributed by atoms with Gasteiger partial charge in [0.25, 0.3) is 5.91 Å². The van der Waals surface area contributed by atoms with E-state index in [9.17, 15) is 4.79 Å². The van der Waals surface area contributed by atoms with Crippen molar-refractivity contribution in [2.45, 2.75) is 18.9 Å². The number of likely N-dealkylation sites (tertiary alicyclic amines) is 1. The molecule has 2 aromatic rings. The molecule has 1 aliphatic heterocycles. The van der Waals surface area contributed by atoms with Gasteiger partial charge in [-0.15, -0.1) is 0 Å². The minimum absolute atomic E-state index is 0.0109. The zero-order valence-corrected chi connectivity index (χ0v) is 13.0. The van der Waals surface area contributed by atoms with Crippen molar-refractivity contribution in [1.82, 2.24) is 9.88 Å². The average Bonchev–Trinajstić information content (AvgIpc) is 2.58.